The van der Waals surface area contributed by atoms with Crippen molar-refractivity contribution in [2.45, 2.75) is 12.1 Å². The molecule has 4 rings (SSSR count). The van der Waals surface area contributed by atoms with E-state index in [0.29, 0.717) is 22.2 Å². The zero-order chi connectivity index (χ0) is 23.2. The van der Waals surface area contributed by atoms with Crippen molar-refractivity contribution in [3.8, 4) is 17.1 Å². The molecule has 166 valence electrons. The Hall–Kier alpha value is -3.91. The van der Waals surface area contributed by atoms with Crippen LogP contribution in [0.2, 0.25) is 0 Å². The number of carbonyl (C=O) groups is 2. The van der Waals surface area contributed by atoms with Gasteiger partial charge >= 0.3 is 0 Å². The van der Waals surface area contributed by atoms with E-state index >= 15 is 0 Å². The van der Waals surface area contributed by atoms with Crippen LogP contribution in [0.3, 0.4) is 0 Å². The maximum Gasteiger partial charge on any atom is 0.251 e. The molecule has 4 aromatic rings. The van der Waals surface area contributed by atoms with Gasteiger partial charge in [-0.05, 0) is 37.3 Å². The number of benzene rings is 3. The summed E-state index contributed by atoms with van der Waals surface area (Å²) in [6.07, 6.45) is 0. The highest BCUT2D eigenvalue weighted by Crippen LogP contribution is 2.28. The standard InChI is InChI=1S/C25H23N5O2S/c1-17-11-13-21(14-12-17)30-23(18-7-4-3-5-8-18)28-29-25(30)33-16-22(31)27-20-10-6-9-19(15-20)24(32)26-2/h3-15H,16H2,1-2H3,(H,26,32)(H,27,31). The molecule has 3 aromatic carbocycles. The van der Waals surface area contributed by atoms with Gasteiger partial charge in [0.1, 0.15) is 0 Å². The number of carbonyl (C=O) groups excluding carboxylic acids is 2. The fraction of sp³-hybridized carbons (Fsp3) is 0.120. The van der Waals surface area contributed by atoms with Crippen molar-refractivity contribution in [1.82, 2.24) is 20.1 Å². The van der Waals surface area contributed by atoms with E-state index in [1.165, 1.54) is 11.8 Å². The van der Waals surface area contributed by atoms with Crippen LogP contribution in [0.5, 0.6) is 0 Å². The third kappa shape index (κ3) is 5.30. The second kappa shape index (κ2) is 10.1. The number of thioether (sulfide) groups is 1. The minimum atomic E-state index is -0.208. The van der Waals surface area contributed by atoms with Gasteiger partial charge in [-0.1, -0.05) is 65.9 Å². The number of hydrogen-bond donors (Lipinski definition) is 2. The first-order valence-corrected chi connectivity index (χ1v) is 11.4. The zero-order valence-corrected chi connectivity index (χ0v) is 19.1. The van der Waals surface area contributed by atoms with Crippen LogP contribution in [0.1, 0.15) is 15.9 Å². The van der Waals surface area contributed by atoms with Gasteiger partial charge in [0, 0.05) is 29.5 Å². The van der Waals surface area contributed by atoms with Crippen molar-refractivity contribution >= 4 is 29.3 Å². The molecular formula is C25H23N5O2S. The van der Waals surface area contributed by atoms with Crippen LogP contribution in [0.4, 0.5) is 5.69 Å². The van der Waals surface area contributed by atoms with Gasteiger partial charge in [-0.2, -0.15) is 0 Å². The lowest BCUT2D eigenvalue weighted by molar-refractivity contribution is -0.113. The molecule has 1 heterocycles. The summed E-state index contributed by atoms with van der Waals surface area (Å²) in [7, 11) is 1.57. The second-order valence-corrected chi connectivity index (χ2v) is 8.28. The molecule has 7 nitrogen and oxygen atoms in total. The van der Waals surface area contributed by atoms with E-state index in [0.717, 1.165) is 16.8 Å². The van der Waals surface area contributed by atoms with Crippen molar-refractivity contribution in [3.05, 3.63) is 90.0 Å². The number of rotatable bonds is 7. The molecule has 0 bridgehead atoms. The lowest BCUT2D eigenvalue weighted by Gasteiger charge is -2.11. The average Bonchev–Trinajstić information content (AvgIpc) is 3.27. The SMILES string of the molecule is CNC(=O)c1cccc(NC(=O)CSc2nnc(-c3ccccc3)n2-c2ccc(C)cc2)c1. The van der Waals surface area contributed by atoms with Gasteiger partial charge in [-0.25, -0.2) is 0 Å². The highest BCUT2D eigenvalue weighted by Gasteiger charge is 2.17. The first kappa shape index (κ1) is 22.3. The first-order chi connectivity index (χ1) is 16.0. The minimum absolute atomic E-state index is 0.142. The summed E-state index contributed by atoms with van der Waals surface area (Å²) < 4.78 is 1.96. The molecule has 2 N–H and O–H groups in total. The molecule has 0 atom stereocenters. The molecule has 0 unspecified atom stereocenters. The maximum absolute atomic E-state index is 12.6. The highest BCUT2D eigenvalue weighted by molar-refractivity contribution is 7.99. The average molecular weight is 458 g/mol. The van der Waals surface area contributed by atoms with Gasteiger partial charge in [0.15, 0.2) is 11.0 Å². The van der Waals surface area contributed by atoms with E-state index < -0.39 is 0 Å². The molecule has 0 radical (unpaired) electrons. The topological polar surface area (TPSA) is 88.9 Å². The van der Waals surface area contributed by atoms with Crippen LogP contribution < -0.4 is 10.6 Å². The van der Waals surface area contributed by atoms with E-state index in [1.54, 1.807) is 31.3 Å². The van der Waals surface area contributed by atoms with Crippen molar-refractivity contribution in [1.29, 1.82) is 0 Å². The first-order valence-electron chi connectivity index (χ1n) is 10.4. The Bertz CT molecular complexity index is 1270. The normalized spacial score (nSPS) is 10.6. The molecule has 0 spiro atoms. The summed E-state index contributed by atoms with van der Waals surface area (Å²) in [4.78, 5) is 24.4. The third-order valence-electron chi connectivity index (χ3n) is 4.93. The minimum Gasteiger partial charge on any atom is -0.355 e. The maximum atomic E-state index is 12.6. The number of nitrogens with one attached hydrogen (secondary N) is 2. The van der Waals surface area contributed by atoms with Gasteiger partial charge in [-0.3, -0.25) is 14.2 Å². The molecule has 1 aromatic heterocycles. The summed E-state index contributed by atoms with van der Waals surface area (Å²) in [5.41, 5.74) is 4.06. The van der Waals surface area contributed by atoms with Gasteiger partial charge < -0.3 is 10.6 Å². The molecular weight excluding hydrogens is 434 g/mol. The van der Waals surface area contributed by atoms with Crippen molar-refractivity contribution in [2.75, 3.05) is 18.1 Å². The molecule has 0 aliphatic rings. The van der Waals surface area contributed by atoms with Crippen LogP contribution in [-0.4, -0.2) is 39.4 Å². The third-order valence-corrected chi connectivity index (χ3v) is 5.85. The van der Waals surface area contributed by atoms with Gasteiger partial charge in [0.25, 0.3) is 5.91 Å². The molecule has 33 heavy (non-hydrogen) atoms. The van der Waals surface area contributed by atoms with Crippen LogP contribution in [-0.2, 0) is 4.79 Å². The fourth-order valence-electron chi connectivity index (χ4n) is 3.27. The van der Waals surface area contributed by atoms with Crippen molar-refractivity contribution in [3.63, 3.8) is 0 Å². The lowest BCUT2D eigenvalue weighted by atomic mass is 10.2. The smallest absolute Gasteiger partial charge is 0.251 e. The number of nitrogens with zero attached hydrogens (tertiary/aromatic N) is 3. The summed E-state index contributed by atoms with van der Waals surface area (Å²) in [5, 5.41) is 14.8. The summed E-state index contributed by atoms with van der Waals surface area (Å²) in [5.74, 6) is 0.442. The largest absolute Gasteiger partial charge is 0.355 e. The second-order valence-electron chi connectivity index (χ2n) is 7.34. The van der Waals surface area contributed by atoms with Crippen molar-refractivity contribution < 1.29 is 9.59 Å². The van der Waals surface area contributed by atoms with E-state index in [1.807, 2.05) is 66.1 Å². The molecule has 0 aliphatic heterocycles. The summed E-state index contributed by atoms with van der Waals surface area (Å²) in [6.45, 7) is 2.03. The van der Waals surface area contributed by atoms with Crippen LogP contribution in [0.15, 0.2) is 84.0 Å². The Morgan fingerprint density at radius 3 is 2.42 bits per heavy atom. The number of aromatic nitrogens is 3. The van der Waals surface area contributed by atoms with Gasteiger partial charge in [-0.15, -0.1) is 10.2 Å². The number of hydrogen-bond acceptors (Lipinski definition) is 5. The van der Waals surface area contributed by atoms with Crippen LogP contribution >= 0.6 is 11.8 Å². The number of aryl methyl sites for hydroxylation is 1. The van der Waals surface area contributed by atoms with Crippen LogP contribution in [0, 0.1) is 6.92 Å². The number of anilines is 1. The molecule has 8 heteroatoms. The fourth-order valence-corrected chi connectivity index (χ4v) is 4.03. The van der Waals surface area contributed by atoms with E-state index in [2.05, 4.69) is 20.8 Å². The molecule has 0 fully saturated rings. The summed E-state index contributed by atoms with van der Waals surface area (Å²) in [6, 6.07) is 24.7. The Balaban J connectivity index is 1.55. The van der Waals surface area contributed by atoms with E-state index in [-0.39, 0.29) is 17.6 Å². The lowest BCUT2D eigenvalue weighted by Crippen LogP contribution is -2.19. The quantitative estimate of drug-likeness (QED) is 0.403. The molecule has 2 amide bonds. The Labute approximate surface area is 196 Å². The van der Waals surface area contributed by atoms with Crippen molar-refractivity contribution in [2.24, 2.45) is 0 Å². The predicted molar refractivity (Wildman–Crippen MR) is 131 cm³/mol. The molecule has 0 saturated heterocycles. The summed E-state index contributed by atoms with van der Waals surface area (Å²) >= 11 is 1.30. The van der Waals surface area contributed by atoms with Crippen LogP contribution in [0.25, 0.3) is 17.1 Å². The highest BCUT2D eigenvalue weighted by atomic mass is 32.2. The Morgan fingerprint density at radius 1 is 0.939 bits per heavy atom. The van der Waals surface area contributed by atoms with E-state index in [9.17, 15) is 9.59 Å². The van der Waals surface area contributed by atoms with Gasteiger partial charge in [0.2, 0.25) is 5.91 Å². The zero-order valence-electron chi connectivity index (χ0n) is 18.3. The van der Waals surface area contributed by atoms with E-state index in [4.69, 9.17) is 0 Å². The van der Waals surface area contributed by atoms with Gasteiger partial charge in [0.05, 0.1) is 5.75 Å². The predicted octanol–water partition coefficient (Wildman–Crippen LogP) is 4.33. The monoisotopic (exact) mass is 457 g/mol. The molecule has 0 saturated carbocycles. The molecule has 0 aliphatic carbocycles. The number of amides is 2. The Morgan fingerprint density at radius 2 is 1.70 bits per heavy atom. The Kier molecular flexibility index (Phi) is 6.85.